The summed E-state index contributed by atoms with van der Waals surface area (Å²) in [5.41, 5.74) is 7.89. The lowest BCUT2D eigenvalue weighted by molar-refractivity contribution is 0.905. The molecule has 0 saturated carbocycles. The van der Waals surface area contributed by atoms with Gasteiger partial charge < -0.3 is 10.6 Å². The third kappa shape index (κ3) is 2.43. The molecule has 0 aliphatic rings. The average Bonchev–Trinajstić information content (AvgIpc) is 2.47. The van der Waals surface area contributed by atoms with Crippen LogP contribution in [0.25, 0.3) is 10.8 Å². The van der Waals surface area contributed by atoms with Crippen LogP contribution in [0, 0.1) is 0 Å². The standard InChI is InChI=1S/C17H17N3/c1-20(12-13-5-3-2-4-6-13)17-16-8-7-15(18)11-14(16)9-10-19-17/h2-11H,12,18H2,1H3. The summed E-state index contributed by atoms with van der Waals surface area (Å²) in [6.45, 7) is 0.831. The van der Waals surface area contributed by atoms with Gasteiger partial charge in [0, 0.05) is 30.9 Å². The van der Waals surface area contributed by atoms with Crippen LogP contribution in [0.5, 0.6) is 0 Å². The van der Waals surface area contributed by atoms with E-state index in [2.05, 4.69) is 41.2 Å². The second-order valence-electron chi connectivity index (χ2n) is 4.96. The van der Waals surface area contributed by atoms with Crippen LogP contribution in [0.15, 0.2) is 60.8 Å². The third-order valence-electron chi connectivity index (χ3n) is 3.39. The van der Waals surface area contributed by atoms with E-state index in [4.69, 9.17) is 5.73 Å². The lowest BCUT2D eigenvalue weighted by atomic mass is 10.1. The molecule has 0 bridgehead atoms. The molecule has 0 atom stereocenters. The number of nitrogens with two attached hydrogens (primary N) is 1. The van der Waals surface area contributed by atoms with E-state index in [1.54, 1.807) is 0 Å². The summed E-state index contributed by atoms with van der Waals surface area (Å²) in [4.78, 5) is 6.68. The Labute approximate surface area is 118 Å². The van der Waals surface area contributed by atoms with Gasteiger partial charge in [0.15, 0.2) is 0 Å². The van der Waals surface area contributed by atoms with Crippen molar-refractivity contribution in [1.82, 2.24) is 4.98 Å². The molecule has 2 aromatic carbocycles. The number of nitrogens with zero attached hydrogens (tertiary/aromatic N) is 2. The zero-order valence-electron chi connectivity index (χ0n) is 11.5. The van der Waals surface area contributed by atoms with Gasteiger partial charge in [-0.2, -0.15) is 0 Å². The van der Waals surface area contributed by atoms with E-state index >= 15 is 0 Å². The van der Waals surface area contributed by atoms with Crippen molar-refractivity contribution < 1.29 is 0 Å². The summed E-state index contributed by atoms with van der Waals surface area (Å²) in [5, 5.41) is 2.25. The number of hydrogen-bond acceptors (Lipinski definition) is 3. The summed E-state index contributed by atoms with van der Waals surface area (Å²) < 4.78 is 0. The molecule has 3 rings (SSSR count). The number of pyridine rings is 1. The van der Waals surface area contributed by atoms with Crippen molar-refractivity contribution in [3.05, 3.63) is 66.4 Å². The highest BCUT2D eigenvalue weighted by atomic mass is 15.2. The summed E-state index contributed by atoms with van der Waals surface area (Å²) in [6.07, 6.45) is 1.83. The number of anilines is 2. The summed E-state index contributed by atoms with van der Waals surface area (Å²) in [6, 6.07) is 18.3. The summed E-state index contributed by atoms with van der Waals surface area (Å²) in [7, 11) is 2.06. The van der Waals surface area contributed by atoms with Crippen molar-refractivity contribution in [2.75, 3.05) is 17.7 Å². The molecule has 20 heavy (non-hydrogen) atoms. The van der Waals surface area contributed by atoms with Crippen molar-refractivity contribution in [2.24, 2.45) is 0 Å². The molecule has 2 N–H and O–H groups in total. The van der Waals surface area contributed by atoms with Crippen molar-refractivity contribution in [1.29, 1.82) is 0 Å². The Morgan fingerprint density at radius 3 is 2.65 bits per heavy atom. The van der Waals surface area contributed by atoms with E-state index in [0.29, 0.717) is 0 Å². The molecule has 0 radical (unpaired) electrons. The van der Waals surface area contributed by atoms with Gasteiger partial charge in [0.25, 0.3) is 0 Å². The summed E-state index contributed by atoms with van der Waals surface area (Å²) in [5.74, 6) is 0.978. The van der Waals surface area contributed by atoms with Crippen LogP contribution in [0.4, 0.5) is 11.5 Å². The van der Waals surface area contributed by atoms with Gasteiger partial charge >= 0.3 is 0 Å². The number of benzene rings is 2. The first-order valence-electron chi connectivity index (χ1n) is 6.63. The first kappa shape index (κ1) is 12.5. The molecule has 3 aromatic rings. The van der Waals surface area contributed by atoms with E-state index in [0.717, 1.165) is 28.8 Å². The highest BCUT2D eigenvalue weighted by molar-refractivity contribution is 5.93. The van der Waals surface area contributed by atoms with E-state index < -0.39 is 0 Å². The van der Waals surface area contributed by atoms with Crippen LogP contribution in [0.1, 0.15) is 5.56 Å². The molecular weight excluding hydrogens is 246 g/mol. The van der Waals surface area contributed by atoms with Gasteiger partial charge in [-0.05, 0) is 35.2 Å². The van der Waals surface area contributed by atoms with E-state index in [1.165, 1.54) is 5.56 Å². The number of fused-ring (bicyclic) bond motifs is 1. The zero-order chi connectivity index (χ0) is 13.9. The normalized spacial score (nSPS) is 10.7. The molecule has 0 saturated heterocycles. The molecule has 100 valence electrons. The topological polar surface area (TPSA) is 42.2 Å². The minimum absolute atomic E-state index is 0.778. The van der Waals surface area contributed by atoms with E-state index in [9.17, 15) is 0 Å². The molecular formula is C17H17N3. The Morgan fingerprint density at radius 2 is 1.85 bits per heavy atom. The predicted octanol–water partition coefficient (Wildman–Crippen LogP) is 3.45. The number of aromatic nitrogens is 1. The van der Waals surface area contributed by atoms with Crippen LogP contribution in [0.3, 0.4) is 0 Å². The maximum Gasteiger partial charge on any atom is 0.136 e. The fraction of sp³-hybridized carbons (Fsp3) is 0.118. The predicted molar refractivity (Wildman–Crippen MR) is 84.7 cm³/mol. The van der Waals surface area contributed by atoms with Gasteiger partial charge in [-0.3, -0.25) is 0 Å². The fourth-order valence-corrected chi connectivity index (χ4v) is 2.42. The van der Waals surface area contributed by atoms with Crippen molar-refractivity contribution in [2.45, 2.75) is 6.54 Å². The molecule has 3 nitrogen and oxygen atoms in total. The summed E-state index contributed by atoms with van der Waals surface area (Å²) >= 11 is 0. The molecule has 0 amide bonds. The number of rotatable bonds is 3. The first-order valence-corrected chi connectivity index (χ1v) is 6.63. The van der Waals surface area contributed by atoms with Crippen LogP contribution in [-0.2, 0) is 6.54 Å². The van der Waals surface area contributed by atoms with Gasteiger partial charge in [-0.25, -0.2) is 4.98 Å². The second-order valence-corrected chi connectivity index (χ2v) is 4.96. The van der Waals surface area contributed by atoms with Crippen molar-refractivity contribution in [3.63, 3.8) is 0 Å². The second kappa shape index (κ2) is 5.21. The van der Waals surface area contributed by atoms with Gasteiger partial charge in [-0.15, -0.1) is 0 Å². The largest absolute Gasteiger partial charge is 0.399 e. The monoisotopic (exact) mass is 263 g/mol. The number of hydrogen-bond donors (Lipinski definition) is 1. The van der Waals surface area contributed by atoms with Crippen molar-refractivity contribution in [3.8, 4) is 0 Å². The lowest BCUT2D eigenvalue weighted by Crippen LogP contribution is -2.17. The van der Waals surface area contributed by atoms with Crippen LogP contribution >= 0.6 is 0 Å². The molecule has 0 spiro atoms. The number of nitrogen functional groups attached to an aromatic ring is 1. The third-order valence-corrected chi connectivity index (χ3v) is 3.39. The fourth-order valence-electron chi connectivity index (χ4n) is 2.42. The lowest BCUT2D eigenvalue weighted by Gasteiger charge is -2.20. The highest BCUT2D eigenvalue weighted by Gasteiger charge is 2.08. The van der Waals surface area contributed by atoms with E-state index in [1.807, 2.05) is 36.5 Å². The highest BCUT2D eigenvalue weighted by Crippen LogP contribution is 2.26. The molecule has 0 fully saturated rings. The molecule has 0 aliphatic heterocycles. The Balaban J connectivity index is 1.97. The van der Waals surface area contributed by atoms with Crippen LogP contribution < -0.4 is 10.6 Å². The Hall–Kier alpha value is -2.55. The smallest absolute Gasteiger partial charge is 0.136 e. The average molecular weight is 263 g/mol. The van der Waals surface area contributed by atoms with Gasteiger partial charge in [-0.1, -0.05) is 30.3 Å². The van der Waals surface area contributed by atoms with Crippen molar-refractivity contribution >= 4 is 22.3 Å². The van der Waals surface area contributed by atoms with Crippen LogP contribution in [0.2, 0.25) is 0 Å². The van der Waals surface area contributed by atoms with Crippen LogP contribution in [-0.4, -0.2) is 12.0 Å². The Bertz CT molecular complexity index is 723. The molecule has 0 aliphatic carbocycles. The van der Waals surface area contributed by atoms with Gasteiger partial charge in [0.1, 0.15) is 5.82 Å². The maximum atomic E-state index is 5.84. The Kier molecular flexibility index (Phi) is 3.25. The molecule has 1 heterocycles. The minimum atomic E-state index is 0.778. The molecule has 3 heteroatoms. The minimum Gasteiger partial charge on any atom is -0.399 e. The van der Waals surface area contributed by atoms with Gasteiger partial charge in [0.05, 0.1) is 0 Å². The Morgan fingerprint density at radius 1 is 1.05 bits per heavy atom. The van der Waals surface area contributed by atoms with Gasteiger partial charge in [0.2, 0.25) is 0 Å². The first-order chi connectivity index (χ1) is 9.74. The quantitative estimate of drug-likeness (QED) is 0.736. The molecule has 1 aromatic heterocycles. The SMILES string of the molecule is CN(Cc1ccccc1)c1nccc2cc(N)ccc12. The maximum absolute atomic E-state index is 5.84. The molecule has 0 unspecified atom stereocenters. The zero-order valence-corrected chi connectivity index (χ0v) is 11.5. The van der Waals surface area contributed by atoms with E-state index in [-0.39, 0.29) is 0 Å².